The summed E-state index contributed by atoms with van der Waals surface area (Å²) in [6, 6.07) is 11.4. The van der Waals surface area contributed by atoms with Crippen molar-refractivity contribution in [2.24, 2.45) is 0 Å². The topological polar surface area (TPSA) is 113 Å². The molecule has 1 fully saturated rings. The zero-order valence-corrected chi connectivity index (χ0v) is 20.5. The Morgan fingerprint density at radius 3 is 2.61 bits per heavy atom. The van der Waals surface area contributed by atoms with Gasteiger partial charge in [0, 0.05) is 12.4 Å². The summed E-state index contributed by atoms with van der Waals surface area (Å²) < 4.78 is 14.2. The maximum Gasteiger partial charge on any atom is 0.412 e. The van der Waals surface area contributed by atoms with Gasteiger partial charge in [-0.1, -0.05) is 35.5 Å². The van der Waals surface area contributed by atoms with Gasteiger partial charge in [-0.25, -0.2) is 19.3 Å². The lowest BCUT2D eigenvalue weighted by Gasteiger charge is -2.20. The van der Waals surface area contributed by atoms with E-state index in [-0.39, 0.29) is 12.3 Å². The average Bonchev–Trinajstić information content (AvgIpc) is 3.43. The van der Waals surface area contributed by atoms with E-state index in [2.05, 4.69) is 15.6 Å². The number of aromatic nitrogens is 5. The third-order valence-corrected chi connectivity index (χ3v) is 5.59. The molecule has 186 valence electrons. The number of nitrogens with one attached hydrogen (secondary N) is 1. The Balaban J connectivity index is 1.31. The number of hydrogen-bond donors (Lipinski definition) is 1. The van der Waals surface area contributed by atoms with Crippen LogP contribution in [0.4, 0.5) is 10.5 Å². The SMILES string of the molecule is CC(C)(C)OC(=O)Nc1cc(C2CC2)cn2cc(Cn3cc(C(=O)OCc4ccccc4)nn3)nc12. The molecule has 1 amide bonds. The van der Waals surface area contributed by atoms with Crippen molar-refractivity contribution in [2.45, 2.75) is 58.3 Å². The predicted octanol–water partition coefficient (Wildman–Crippen LogP) is 4.56. The lowest BCUT2D eigenvalue weighted by molar-refractivity contribution is 0.0465. The predicted molar refractivity (Wildman–Crippen MR) is 132 cm³/mol. The second-order valence-corrected chi connectivity index (χ2v) is 9.91. The van der Waals surface area contributed by atoms with E-state index in [1.165, 1.54) is 10.9 Å². The molecule has 36 heavy (non-hydrogen) atoms. The van der Waals surface area contributed by atoms with Gasteiger partial charge in [-0.05, 0) is 56.7 Å². The van der Waals surface area contributed by atoms with Gasteiger partial charge in [0.05, 0.1) is 24.1 Å². The van der Waals surface area contributed by atoms with Crippen LogP contribution >= 0.6 is 0 Å². The number of hydrogen-bond acceptors (Lipinski definition) is 7. The van der Waals surface area contributed by atoms with Gasteiger partial charge >= 0.3 is 12.1 Å². The Kier molecular flexibility index (Phi) is 6.17. The summed E-state index contributed by atoms with van der Waals surface area (Å²) in [6.07, 6.45) is 7.18. The molecule has 1 N–H and O–H groups in total. The molecule has 1 saturated carbocycles. The van der Waals surface area contributed by atoms with Gasteiger partial charge in [-0.15, -0.1) is 5.10 Å². The number of esters is 1. The smallest absolute Gasteiger partial charge is 0.412 e. The fourth-order valence-corrected chi connectivity index (χ4v) is 3.83. The van der Waals surface area contributed by atoms with Gasteiger partial charge in [0.25, 0.3) is 0 Å². The Bertz CT molecular complexity index is 1400. The molecular formula is C26H28N6O4. The standard InChI is InChI=1S/C26H28N6O4/c1-26(2,3)36-25(34)28-21-11-19(18-9-10-18)12-31-13-20(27-23(21)31)14-32-15-22(29-30-32)24(33)35-16-17-7-5-4-6-8-17/h4-8,11-13,15,18H,9-10,14,16H2,1-3H3,(H,28,34). The molecule has 0 radical (unpaired) electrons. The normalized spacial score (nSPS) is 13.5. The van der Waals surface area contributed by atoms with Crippen LogP contribution in [-0.2, 0) is 22.6 Å². The van der Waals surface area contributed by atoms with Gasteiger partial charge in [0.15, 0.2) is 11.3 Å². The van der Waals surface area contributed by atoms with Crippen molar-refractivity contribution < 1.29 is 19.1 Å². The lowest BCUT2D eigenvalue weighted by atomic mass is 10.2. The first-order valence-corrected chi connectivity index (χ1v) is 11.9. The molecule has 5 rings (SSSR count). The molecule has 0 aliphatic heterocycles. The molecule has 1 aliphatic carbocycles. The highest BCUT2D eigenvalue weighted by molar-refractivity contribution is 5.90. The largest absolute Gasteiger partial charge is 0.456 e. The van der Waals surface area contributed by atoms with Gasteiger partial charge in [-0.2, -0.15) is 0 Å². The van der Waals surface area contributed by atoms with Crippen molar-refractivity contribution in [3.8, 4) is 0 Å². The van der Waals surface area contributed by atoms with E-state index >= 15 is 0 Å². The van der Waals surface area contributed by atoms with E-state index in [0.29, 0.717) is 29.5 Å². The number of carbonyl (C=O) groups is 2. The van der Waals surface area contributed by atoms with Crippen molar-refractivity contribution >= 4 is 23.4 Å². The fraction of sp³-hybridized carbons (Fsp3) is 0.346. The summed E-state index contributed by atoms with van der Waals surface area (Å²) in [7, 11) is 0. The van der Waals surface area contributed by atoms with Crippen LogP contribution in [0.25, 0.3) is 5.65 Å². The van der Waals surface area contributed by atoms with Crippen molar-refractivity contribution in [1.29, 1.82) is 0 Å². The average molecular weight is 489 g/mol. The minimum atomic E-state index is -0.609. The Hall–Kier alpha value is -4.21. The van der Waals surface area contributed by atoms with Gasteiger partial charge in [0.1, 0.15) is 12.2 Å². The number of nitrogens with zero attached hydrogens (tertiary/aromatic N) is 5. The van der Waals surface area contributed by atoms with Crippen LogP contribution in [0.3, 0.4) is 0 Å². The second kappa shape index (κ2) is 9.44. The molecule has 4 aromatic rings. The monoisotopic (exact) mass is 488 g/mol. The Morgan fingerprint density at radius 2 is 1.89 bits per heavy atom. The summed E-state index contributed by atoms with van der Waals surface area (Å²) in [5.41, 5.74) is 3.43. The van der Waals surface area contributed by atoms with E-state index < -0.39 is 17.7 Å². The molecular weight excluding hydrogens is 460 g/mol. The van der Waals surface area contributed by atoms with Crippen LogP contribution in [-0.4, -0.2) is 42.0 Å². The number of imidazole rings is 1. The highest BCUT2D eigenvalue weighted by Crippen LogP contribution is 2.41. The van der Waals surface area contributed by atoms with Crippen LogP contribution in [0.5, 0.6) is 0 Å². The van der Waals surface area contributed by atoms with Gasteiger partial charge in [-0.3, -0.25) is 5.32 Å². The van der Waals surface area contributed by atoms with Gasteiger partial charge in [0.2, 0.25) is 0 Å². The van der Waals surface area contributed by atoms with E-state index in [4.69, 9.17) is 14.5 Å². The molecule has 1 aliphatic rings. The molecule has 0 spiro atoms. The molecule has 0 atom stereocenters. The summed E-state index contributed by atoms with van der Waals surface area (Å²) in [5, 5.41) is 10.8. The molecule has 0 unspecified atom stereocenters. The lowest BCUT2D eigenvalue weighted by Crippen LogP contribution is -2.27. The molecule has 10 nitrogen and oxygen atoms in total. The molecule has 10 heteroatoms. The molecule has 3 heterocycles. The summed E-state index contributed by atoms with van der Waals surface area (Å²) in [5.74, 6) is -0.0581. The minimum Gasteiger partial charge on any atom is -0.456 e. The first-order chi connectivity index (χ1) is 17.2. The van der Waals surface area contributed by atoms with Crippen LogP contribution in [0.1, 0.15) is 66.8 Å². The quantitative estimate of drug-likeness (QED) is 0.380. The summed E-state index contributed by atoms with van der Waals surface area (Å²) in [6.45, 7) is 5.92. The van der Waals surface area contributed by atoms with Crippen LogP contribution < -0.4 is 5.32 Å². The second-order valence-electron chi connectivity index (χ2n) is 9.91. The highest BCUT2D eigenvalue weighted by Gasteiger charge is 2.26. The summed E-state index contributed by atoms with van der Waals surface area (Å²) in [4.78, 5) is 29.5. The minimum absolute atomic E-state index is 0.123. The number of rotatable bonds is 7. The van der Waals surface area contributed by atoms with E-state index in [1.54, 1.807) is 0 Å². The van der Waals surface area contributed by atoms with Crippen LogP contribution in [0, 0.1) is 0 Å². The fourth-order valence-electron chi connectivity index (χ4n) is 3.83. The van der Waals surface area contributed by atoms with Gasteiger partial charge < -0.3 is 13.9 Å². The first kappa shape index (κ1) is 23.5. The number of amides is 1. The maximum atomic E-state index is 12.4. The van der Waals surface area contributed by atoms with E-state index in [9.17, 15) is 9.59 Å². The van der Waals surface area contributed by atoms with Crippen LogP contribution in [0.2, 0.25) is 0 Å². The molecule has 1 aromatic carbocycles. The molecule has 0 saturated heterocycles. The Morgan fingerprint density at radius 1 is 1.11 bits per heavy atom. The zero-order chi connectivity index (χ0) is 25.3. The van der Waals surface area contributed by atoms with Crippen molar-refractivity contribution in [3.63, 3.8) is 0 Å². The number of anilines is 1. The van der Waals surface area contributed by atoms with Crippen molar-refractivity contribution in [1.82, 2.24) is 24.4 Å². The third kappa shape index (κ3) is 5.70. The Labute approximate surface area is 208 Å². The number of carbonyl (C=O) groups excluding carboxylic acids is 2. The highest BCUT2D eigenvalue weighted by atomic mass is 16.6. The third-order valence-electron chi connectivity index (χ3n) is 5.59. The number of ether oxygens (including phenoxy) is 2. The summed E-state index contributed by atoms with van der Waals surface area (Å²) >= 11 is 0. The zero-order valence-electron chi connectivity index (χ0n) is 20.5. The van der Waals surface area contributed by atoms with Crippen molar-refractivity contribution in [3.05, 3.63) is 77.5 Å². The van der Waals surface area contributed by atoms with Crippen LogP contribution in [0.15, 0.2) is 55.0 Å². The van der Waals surface area contributed by atoms with E-state index in [0.717, 1.165) is 24.0 Å². The number of pyridine rings is 1. The first-order valence-electron chi connectivity index (χ1n) is 11.9. The molecule has 0 bridgehead atoms. The maximum absolute atomic E-state index is 12.4. The molecule has 3 aromatic heterocycles. The number of fused-ring (bicyclic) bond motifs is 1. The van der Waals surface area contributed by atoms with Crippen molar-refractivity contribution in [2.75, 3.05) is 5.32 Å². The number of benzene rings is 1. The van der Waals surface area contributed by atoms with E-state index in [1.807, 2.05) is 74.0 Å².